The highest BCUT2D eigenvalue weighted by molar-refractivity contribution is 5.93. The summed E-state index contributed by atoms with van der Waals surface area (Å²) >= 11 is 0. The lowest BCUT2D eigenvalue weighted by molar-refractivity contribution is -0.143. The molecule has 1 aromatic heterocycles. The van der Waals surface area contributed by atoms with Gasteiger partial charge in [-0.25, -0.2) is 9.07 Å². The molecule has 0 saturated carbocycles. The van der Waals surface area contributed by atoms with Gasteiger partial charge in [-0.05, 0) is 43.2 Å². The fraction of sp³-hybridized carbons (Fsp3) is 0.318. The van der Waals surface area contributed by atoms with E-state index in [0.717, 1.165) is 18.6 Å². The van der Waals surface area contributed by atoms with Crippen LogP contribution in [-0.2, 0) is 6.18 Å². The first-order valence-corrected chi connectivity index (χ1v) is 10.1. The minimum atomic E-state index is -4.91. The molecule has 32 heavy (non-hydrogen) atoms. The zero-order valence-corrected chi connectivity index (χ0v) is 16.9. The number of alkyl halides is 3. The maximum absolute atomic E-state index is 13.9. The Kier molecular flexibility index (Phi) is 6.11. The van der Waals surface area contributed by atoms with Gasteiger partial charge in [0, 0.05) is 19.0 Å². The number of benzene rings is 2. The van der Waals surface area contributed by atoms with Crippen molar-refractivity contribution in [2.24, 2.45) is 5.92 Å². The van der Waals surface area contributed by atoms with E-state index in [0.29, 0.717) is 30.0 Å². The average Bonchev–Trinajstić information content (AvgIpc) is 3.24. The largest absolute Gasteiger partial charge is 0.493 e. The number of carbonyl (C=O) groups excluding carboxylic acids is 1. The number of para-hydroxylation sites is 1. The van der Waals surface area contributed by atoms with Crippen LogP contribution in [0.15, 0.2) is 54.6 Å². The van der Waals surface area contributed by atoms with Crippen molar-refractivity contribution in [3.05, 3.63) is 71.8 Å². The van der Waals surface area contributed by atoms with Crippen LogP contribution in [0.25, 0.3) is 5.69 Å². The Hall–Kier alpha value is -3.43. The van der Waals surface area contributed by atoms with E-state index >= 15 is 0 Å². The lowest BCUT2D eigenvalue weighted by Crippen LogP contribution is -2.42. The number of likely N-dealkylation sites (tertiary alicyclic amines) is 1. The molecule has 0 N–H and O–H groups in total. The minimum absolute atomic E-state index is 0.0273. The van der Waals surface area contributed by atoms with Gasteiger partial charge in [0.25, 0.3) is 5.91 Å². The first-order chi connectivity index (χ1) is 15.3. The van der Waals surface area contributed by atoms with Gasteiger partial charge in [-0.3, -0.25) is 4.79 Å². The molecule has 1 atom stereocenters. The smallest absolute Gasteiger partial charge is 0.435 e. The van der Waals surface area contributed by atoms with E-state index in [9.17, 15) is 22.4 Å². The standard InChI is InChI=1S/C22H20F4N4O2/c23-16-7-4-8-17(12-16)30-20(22(24,25)26)19(27-28-30)21(31)29-11-5-6-15(13-29)14-32-18-9-2-1-3-10-18/h1-4,7-10,12,15H,5-6,11,13-14H2. The summed E-state index contributed by atoms with van der Waals surface area (Å²) in [6, 6.07) is 13.7. The molecule has 10 heteroatoms. The van der Waals surface area contributed by atoms with Gasteiger partial charge in [-0.15, -0.1) is 5.10 Å². The van der Waals surface area contributed by atoms with Gasteiger partial charge in [0.1, 0.15) is 11.6 Å². The van der Waals surface area contributed by atoms with Crippen molar-refractivity contribution in [3.63, 3.8) is 0 Å². The molecule has 1 aliphatic rings. The van der Waals surface area contributed by atoms with Crippen LogP contribution in [0.2, 0.25) is 0 Å². The van der Waals surface area contributed by atoms with E-state index in [4.69, 9.17) is 4.74 Å². The molecule has 3 aromatic rings. The van der Waals surface area contributed by atoms with Crippen molar-refractivity contribution >= 4 is 5.91 Å². The van der Waals surface area contributed by atoms with Gasteiger partial charge in [0.15, 0.2) is 11.4 Å². The SMILES string of the molecule is O=C(c1nnn(-c2cccc(F)c2)c1C(F)(F)F)N1CCCC(COc2ccccc2)C1. The maximum Gasteiger partial charge on any atom is 0.435 e. The normalized spacial score (nSPS) is 16.8. The molecule has 0 spiro atoms. The van der Waals surface area contributed by atoms with Gasteiger partial charge in [-0.1, -0.05) is 29.5 Å². The molecule has 1 aliphatic heterocycles. The van der Waals surface area contributed by atoms with E-state index in [1.165, 1.54) is 17.0 Å². The van der Waals surface area contributed by atoms with E-state index < -0.39 is 29.3 Å². The number of ether oxygens (including phenoxy) is 1. The van der Waals surface area contributed by atoms with E-state index in [-0.39, 0.29) is 18.2 Å². The molecule has 0 radical (unpaired) electrons. The monoisotopic (exact) mass is 448 g/mol. The Labute approximate surface area is 181 Å². The van der Waals surface area contributed by atoms with Gasteiger partial charge >= 0.3 is 6.18 Å². The molecule has 1 amide bonds. The number of carbonyl (C=O) groups is 1. The van der Waals surface area contributed by atoms with Gasteiger partial charge in [-0.2, -0.15) is 13.2 Å². The summed E-state index contributed by atoms with van der Waals surface area (Å²) < 4.78 is 61.3. The molecule has 6 nitrogen and oxygen atoms in total. The molecule has 0 aliphatic carbocycles. The molecular weight excluding hydrogens is 428 g/mol. The first-order valence-electron chi connectivity index (χ1n) is 10.1. The second-order valence-corrected chi connectivity index (χ2v) is 7.56. The number of piperidine rings is 1. The molecule has 1 unspecified atom stereocenters. The van der Waals surface area contributed by atoms with Gasteiger partial charge in [0.05, 0.1) is 12.3 Å². The second kappa shape index (κ2) is 8.97. The molecule has 1 fully saturated rings. The highest BCUT2D eigenvalue weighted by Crippen LogP contribution is 2.34. The summed E-state index contributed by atoms with van der Waals surface area (Å²) in [6.07, 6.45) is -3.49. The lowest BCUT2D eigenvalue weighted by atomic mass is 9.98. The number of hydrogen-bond donors (Lipinski definition) is 0. The van der Waals surface area contributed by atoms with Crippen LogP contribution in [0.5, 0.6) is 5.75 Å². The Bertz CT molecular complexity index is 1090. The quantitative estimate of drug-likeness (QED) is 0.545. The van der Waals surface area contributed by atoms with Crippen molar-refractivity contribution in [3.8, 4) is 11.4 Å². The van der Waals surface area contributed by atoms with Crippen molar-refractivity contribution in [2.75, 3.05) is 19.7 Å². The molecule has 168 valence electrons. The molecule has 0 bridgehead atoms. The number of hydrogen-bond acceptors (Lipinski definition) is 4. The van der Waals surface area contributed by atoms with Crippen LogP contribution in [0.4, 0.5) is 17.6 Å². The number of amides is 1. The van der Waals surface area contributed by atoms with Crippen LogP contribution >= 0.6 is 0 Å². The molecule has 1 saturated heterocycles. The lowest BCUT2D eigenvalue weighted by Gasteiger charge is -2.32. The summed E-state index contributed by atoms with van der Waals surface area (Å²) in [5.41, 5.74) is -2.29. The van der Waals surface area contributed by atoms with Gasteiger partial charge in [0.2, 0.25) is 0 Å². The Morgan fingerprint density at radius 2 is 1.91 bits per heavy atom. The van der Waals surface area contributed by atoms with Crippen molar-refractivity contribution in [2.45, 2.75) is 19.0 Å². The van der Waals surface area contributed by atoms with Crippen molar-refractivity contribution in [1.29, 1.82) is 0 Å². The van der Waals surface area contributed by atoms with Crippen molar-refractivity contribution < 1.29 is 27.1 Å². The molecule has 4 rings (SSSR count). The fourth-order valence-corrected chi connectivity index (χ4v) is 3.73. The zero-order chi connectivity index (χ0) is 22.7. The predicted molar refractivity (Wildman–Crippen MR) is 107 cm³/mol. The van der Waals surface area contributed by atoms with E-state index in [1.807, 2.05) is 30.3 Å². The first kappa shape index (κ1) is 21.8. The third-order valence-electron chi connectivity index (χ3n) is 5.23. The second-order valence-electron chi connectivity index (χ2n) is 7.56. The molecule has 2 aromatic carbocycles. The van der Waals surface area contributed by atoms with Crippen LogP contribution in [0, 0.1) is 11.7 Å². The average molecular weight is 448 g/mol. The predicted octanol–water partition coefficient (Wildman–Crippen LogP) is 4.36. The maximum atomic E-state index is 13.9. The van der Waals surface area contributed by atoms with E-state index in [1.54, 1.807) is 0 Å². The van der Waals surface area contributed by atoms with Crippen LogP contribution in [0.3, 0.4) is 0 Å². The molecule has 2 heterocycles. The number of aromatic nitrogens is 3. The Morgan fingerprint density at radius 1 is 1.12 bits per heavy atom. The summed E-state index contributed by atoms with van der Waals surface area (Å²) in [4.78, 5) is 14.3. The minimum Gasteiger partial charge on any atom is -0.493 e. The highest BCUT2D eigenvalue weighted by atomic mass is 19.4. The fourth-order valence-electron chi connectivity index (χ4n) is 3.73. The third-order valence-corrected chi connectivity index (χ3v) is 5.23. The van der Waals surface area contributed by atoms with Crippen LogP contribution in [0.1, 0.15) is 29.0 Å². The van der Waals surface area contributed by atoms with E-state index in [2.05, 4.69) is 10.3 Å². The van der Waals surface area contributed by atoms with Crippen molar-refractivity contribution in [1.82, 2.24) is 19.9 Å². The Morgan fingerprint density at radius 3 is 2.62 bits per heavy atom. The highest BCUT2D eigenvalue weighted by Gasteiger charge is 2.43. The topological polar surface area (TPSA) is 60.2 Å². The summed E-state index contributed by atoms with van der Waals surface area (Å²) in [5, 5.41) is 7.04. The van der Waals surface area contributed by atoms with Gasteiger partial charge < -0.3 is 9.64 Å². The summed E-state index contributed by atoms with van der Waals surface area (Å²) in [5.74, 6) is -0.922. The summed E-state index contributed by atoms with van der Waals surface area (Å²) in [6.45, 7) is 0.899. The molecular formula is C22H20F4N4O2. The summed E-state index contributed by atoms with van der Waals surface area (Å²) in [7, 11) is 0. The third kappa shape index (κ3) is 4.74. The Balaban J connectivity index is 1.54. The van der Waals surface area contributed by atoms with Crippen LogP contribution < -0.4 is 4.74 Å². The number of rotatable bonds is 5. The van der Waals surface area contributed by atoms with Crippen LogP contribution in [-0.4, -0.2) is 45.5 Å². The number of halogens is 4. The zero-order valence-electron chi connectivity index (χ0n) is 16.9. The number of nitrogens with zero attached hydrogens (tertiary/aromatic N) is 4.